The molecule has 2 aromatic heterocycles. The highest BCUT2D eigenvalue weighted by molar-refractivity contribution is 5.87. The number of hydrogen-bond acceptors (Lipinski definition) is 5. The number of para-hydroxylation sites is 2. The predicted octanol–water partition coefficient (Wildman–Crippen LogP) is 1.13. The Morgan fingerprint density at radius 2 is 1.29 bits per heavy atom. The molecular formula is C20H16N4O4. The summed E-state index contributed by atoms with van der Waals surface area (Å²) in [6.07, 6.45) is 0. The number of fused-ring (bicyclic) bond motifs is 1. The number of nitrogens with zero attached hydrogens (tertiary/aromatic N) is 3. The summed E-state index contributed by atoms with van der Waals surface area (Å²) in [5.41, 5.74) is 3.84. The van der Waals surface area contributed by atoms with Gasteiger partial charge >= 0.3 is 5.69 Å². The Bertz CT molecular complexity index is 1380. The molecule has 0 saturated heterocycles. The van der Waals surface area contributed by atoms with Gasteiger partial charge in [0.05, 0.1) is 11.4 Å². The molecule has 0 radical (unpaired) electrons. The fourth-order valence-corrected chi connectivity index (χ4v) is 3.25. The Morgan fingerprint density at radius 1 is 0.786 bits per heavy atom. The van der Waals surface area contributed by atoms with E-state index in [9.17, 15) is 19.5 Å². The van der Waals surface area contributed by atoms with Gasteiger partial charge in [0, 0.05) is 7.05 Å². The van der Waals surface area contributed by atoms with E-state index in [1.54, 1.807) is 60.7 Å². The van der Waals surface area contributed by atoms with Crippen LogP contribution in [-0.2, 0) is 7.05 Å². The molecule has 0 aliphatic rings. The minimum Gasteiger partial charge on any atom is -0.505 e. The van der Waals surface area contributed by atoms with Crippen LogP contribution in [0, 0.1) is 0 Å². The standard InChI is InChI=1S/C20H16N4O4/c1-22-17-14(16(25)15(21)19(22)27)18(26)24(13-10-6-3-7-11-13)20(28)23(17)12-8-4-2-5-9-12/h2-11,25H,21H2,1H3. The lowest BCUT2D eigenvalue weighted by Gasteiger charge is -2.17. The molecule has 0 aliphatic carbocycles. The van der Waals surface area contributed by atoms with Crippen LogP contribution >= 0.6 is 0 Å². The van der Waals surface area contributed by atoms with E-state index in [0.717, 1.165) is 9.13 Å². The van der Waals surface area contributed by atoms with E-state index in [4.69, 9.17) is 5.73 Å². The molecule has 0 fully saturated rings. The first-order valence-electron chi connectivity index (χ1n) is 8.43. The highest BCUT2D eigenvalue weighted by Crippen LogP contribution is 2.25. The van der Waals surface area contributed by atoms with Crippen LogP contribution in [0.1, 0.15) is 0 Å². The summed E-state index contributed by atoms with van der Waals surface area (Å²) in [5, 5.41) is 10.3. The van der Waals surface area contributed by atoms with E-state index in [-0.39, 0.29) is 11.0 Å². The van der Waals surface area contributed by atoms with Crippen LogP contribution < -0.4 is 22.5 Å². The summed E-state index contributed by atoms with van der Waals surface area (Å²) in [6.45, 7) is 0. The smallest absolute Gasteiger partial charge is 0.341 e. The van der Waals surface area contributed by atoms with Gasteiger partial charge in [-0.25, -0.2) is 13.9 Å². The zero-order valence-corrected chi connectivity index (χ0v) is 14.9. The second-order valence-electron chi connectivity index (χ2n) is 6.25. The molecule has 2 aromatic carbocycles. The first-order chi connectivity index (χ1) is 13.4. The minimum absolute atomic E-state index is 0.0370. The fourth-order valence-electron chi connectivity index (χ4n) is 3.25. The first-order valence-corrected chi connectivity index (χ1v) is 8.43. The van der Waals surface area contributed by atoms with E-state index in [2.05, 4.69) is 0 Å². The average molecular weight is 376 g/mol. The second kappa shape index (κ2) is 6.27. The van der Waals surface area contributed by atoms with E-state index >= 15 is 0 Å². The molecule has 3 N–H and O–H groups in total. The van der Waals surface area contributed by atoms with Crippen molar-refractivity contribution in [2.75, 3.05) is 5.73 Å². The van der Waals surface area contributed by atoms with E-state index < -0.39 is 28.2 Å². The molecule has 4 aromatic rings. The predicted molar refractivity (Wildman–Crippen MR) is 106 cm³/mol. The first kappa shape index (κ1) is 17.3. The lowest BCUT2D eigenvalue weighted by molar-refractivity contribution is 0.481. The maximum atomic E-state index is 13.4. The number of aryl methyl sites for hydroxylation is 1. The summed E-state index contributed by atoms with van der Waals surface area (Å²) in [5.74, 6) is -0.641. The number of pyridine rings is 1. The summed E-state index contributed by atoms with van der Waals surface area (Å²) in [4.78, 5) is 39.0. The number of aromatic nitrogens is 3. The van der Waals surface area contributed by atoms with Crippen molar-refractivity contribution < 1.29 is 5.11 Å². The average Bonchev–Trinajstić information content (AvgIpc) is 2.72. The normalized spacial score (nSPS) is 11.0. The van der Waals surface area contributed by atoms with Gasteiger partial charge in [-0.2, -0.15) is 0 Å². The van der Waals surface area contributed by atoms with Gasteiger partial charge in [0.1, 0.15) is 16.7 Å². The Labute approximate surface area is 157 Å². The molecule has 28 heavy (non-hydrogen) atoms. The lowest BCUT2D eigenvalue weighted by atomic mass is 10.2. The van der Waals surface area contributed by atoms with Gasteiger partial charge in [-0.15, -0.1) is 0 Å². The molecule has 0 saturated carbocycles. The van der Waals surface area contributed by atoms with Gasteiger partial charge in [0.15, 0.2) is 5.75 Å². The van der Waals surface area contributed by atoms with Crippen LogP contribution in [0.15, 0.2) is 75.0 Å². The monoisotopic (exact) mass is 376 g/mol. The number of rotatable bonds is 2. The molecule has 0 atom stereocenters. The Balaban J connectivity index is 2.35. The second-order valence-corrected chi connectivity index (χ2v) is 6.25. The number of anilines is 1. The van der Waals surface area contributed by atoms with Crippen molar-refractivity contribution in [1.82, 2.24) is 13.7 Å². The number of benzene rings is 2. The van der Waals surface area contributed by atoms with Crippen LogP contribution in [0.4, 0.5) is 5.69 Å². The SMILES string of the molecule is Cn1c(=O)c(N)c(O)c2c(=O)n(-c3ccccc3)c(=O)n(-c3ccccc3)c21. The zero-order chi connectivity index (χ0) is 20.0. The van der Waals surface area contributed by atoms with Gasteiger partial charge < -0.3 is 10.8 Å². The van der Waals surface area contributed by atoms with Crippen molar-refractivity contribution in [1.29, 1.82) is 0 Å². The summed E-state index contributed by atoms with van der Waals surface area (Å²) >= 11 is 0. The Hall–Kier alpha value is -4.07. The van der Waals surface area contributed by atoms with Gasteiger partial charge in [-0.3, -0.25) is 14.2 Å². The van der Waals surface area contributed by atoms with Crippen molar-refractivity contribution in [2.24, 2.45) is 7.05 Å². The number of nitrogen functional groups attached to an aromatic ring is 1. The molecule has 8 heteroatoms. The van der Waals surface area contributed by atoms with Crippen LogP contribution in [-0.4, -0.2) is 18.8 Å². The lowest BCUT2D eigenvalue weighted by Crippen LogP contribution is -2.40. The van der Waals surface area contributed by atoms with E-state index in [1.807, 2.05) is 0 Å². The molecule has 4 rings (SSSR count). The van der Waals surface area contributed by atoms with Crippen molar-refractivity contribution >= 4 is 16.7 Å². The van der Waals surface area contributed by atoms with Gasteiger partial charge in [-0.05, 0) is 24.3 Å². The fraction of sp³-hybridized carbons (Fsp3) is 0.0500. The molecule has 0 unspecified atom stereocenters. The number of aromatic hydroxyl groups is 1. The maximum Gasteiger partial charge on any atom is 0.341 e. The van der Waals surface area contributed by atoms with Crippen LogP contribution in [0.25, 0.3) is 22.4 Å². The highest BCUT2D eigenvalue weighted by atomic mass is 16.3. The Morgan fingerprint density at radius 3 is 1.82 bits per heavy atom. The van der Waals surface area contributed by atoms with Crippen molar-refractivity contribution in [3.05, 3.63) is 91.9 Å². The zero-order valence-electron chi connectivity index (χ0n) is 14.9. The third-order valence-corrected chi connectivity index (χ3v) is 4.61. The highest BCUT2D eigenvalue weighted by Gasteiger charge is 2.23. The molecule has 8 nitrogen and oxygen atoms in total. The molecule has 0 amide bonds. The number of nitrogens with two attached hydrogens (primary N) is 1. The van der Waals surface area contributed by atoms with Crippen LogP contribution in [0.3, 0.4) is 0 Å². The van der Waals surface area contributed by atoms with Gasteiger partial charge in [-0.1, -0.05) is 36.4 Å². The Kier molecular flexibility index (Phi) is 3.89. The van der Waals surface area contributed by atoms with Crippen molar-refractivity contribution in [3.63, 3.8) is 0 Å². The summed E-state index contributed by atoms with van der Waals surface area (Å²) in [6, 6.07) is 16.9. The molecule has 0 bridgehead atoms. The third kappa shape index (κ3) is 2.35. The molecule has 140 valence electrons. The maximum absolute atomic E-state index is 13.4. The summed E-state index contributed by atoms with van der Waals surface area (Å²) in [7, 11) is 1.39. The van der Waals surface area contributed by atoms with E-state index in [0.29, 0.717) is 11.4 Å². The van der Waals surface area contributed by atoms with Crippen LogP contribution in [0.2, 0.25) is 0 Å². The van der Waals surface area contributed by atoms with Gasteiger partial charge in [0.2, 0.25) is 0 Å². The molecule has 2 heterocycles. The minimum atomic E-state index is -0.766. The van der Waals surface area contributed by atoms with Crippen molar-refractivity contribution in [3.8, 4) is 17.1 Å². The largest absolute Gasteiger partial charge is 0.505 e. The quantitative estimate of drug-likeness (QED) is 0.545. The summed E-state index contributed by atoms with van der Waals surface area (Å²) < 4.78 is 3.25. The third-order valence-electron chi connectivity index (χ3n) is 4.61. The molecule has 0 spiro atoms. The van der Waals surface area contributed by atoms with Crippen LogP contribution in [0.5, 0.6) is 5.75 Å². The van der Waals surface area contributed by atoms with E-state index in [1.165, 1.54) is 11.6 Å². The van der Waals surface area contributed by atoms with Crippen molar-refractivity contribution in [2.45, 2.75) is 0 Å². The number of hydrogen-bond donors (Lipinski definition) is 2. The van der Waals surface area contributed by atoms with Gasteiger partial charge in [0.25, 0.3) is 11.1 Å². The molecular weight excluding hydrogens is 360 g/mol. The topological polar surface area (TPSA) is 112 Å². The molecule has 0 aliphatic heterocycles.